The van der Waals surface area contributed by atoms with Crippen LogP contribution in [0.25, 0.3) is 0 Å². The van der Waals surface area contributed by atoms with Crippen LogP contribution in [0.15, 0.2) is 60.7 Å². The smallest absolute Gasteiger partial charge is 0.0839 e. The van der Waals surface area contributed by atoms with Crippen LogP contribution in [-0.4, -0.2) is 17.5 Å². The molecule has 0 aliphatic heterocycles. The van der Waals surface area contributed by atoms with Gasteiger partial charge in [0.15, 0.2) is 0 Å². The van der Waals surface area contributed by atoms with Crippen molar-refractivity contribution in [3.8, 4) is 6.07 Å². The summed E-state index contributed by atoms with van der Waals surface area (Å²) >= 11 is 0. The number of hydrogen-bond acceptors (Lipinski definition) is 2. The van der Waals surface area contributed by atoms with E-state index in [1.807, 2.05) is 36.4 Å². The zero-order valence-electron chi connectivity index (χ0n) is 12.7. The second-order valence-electron chi connectivity index (χ2n) is 5.60. The Morgan fingerprint density at radius 1 is 0.952 bits per heavy atom. The van der Waals surface area contributed by atoms with Crippen molar-refractivity contribution in [2.75, 3.05) is 6.54 Å². The Bertz CT molecular complexity index is 570. The molecule has 0 radical (unpaired) electrons. The summed E-state index contributed by atoms with van der Waals surface area (Å²) in [5.74, 6) is -0.0858. The quantitative estimate of drug-likeness (QED) is 0.791. The highest BCUT2D eigenvalue weighted by molar-refractivity contribution is 5.25. The molecule has 2 aromatic carbocycles. The van der Waals surface area contributed by atoms with Crippen LogP contribution in [0.5, 0.6) is 0 Å². The van der Waals surface area contributed by atoms with Gasteiger partial charge >= 0.3 is 0 Å². The summed E-state index contributed by atoms with van der Waals surface area (Å²) in [6.07, 6.45) is 0. The number of benzene rings is 2. The van der Waals surface area contributed by atoms with Crippen molar-refractivity contribution >= 4 is 0 Å². The van der Waals surface area contributed by atoms with Gasteiger partial charge < -0.3 is 0 Å². The van der Waals surface area contributed by atoms with Crippen molar-refractivity contribution in [2.24, 2.45) is 0 Å². The molecule has 0 heterocycles. The van der Waals surface area contributed by atoms with E-state index in [0.717, 1.165) is 18.7 Å². The Morgan fingerprint density at radius 3 is 2.05 bits per heavy atom. The molecule has 0 saturated carbocycles. The third-order valence-electron chi connectivity index (χ3n) is 3.73. The molecule has 0 aliphatic carbocycles. The zero-order chi connectivity index (χ0) is 15.1. The van der Waals surface area contributed by atoms with E-state index in [9.17, 15) is 5.26 Å². The van der Waals surface area contributed by atoms with Crippen LogP contribution in [0, 0.1) is 11.3 Å². The van der Waals surface area contributed by atoms with E-state index in [-0.39, 0.29) is 5.92 Å². The Hall–Kier alpha value is -2.11. The van der Waals surface area contributed by atoms with Crippen molar-refractivity contribution in [1.82, 2.24) is 4.90 Å². The molecule has 21 heavy (non-hydrogen) atoms. The fourth-order valence-electron chi connectivity index (χ4n) is 2.42. The monoisotopic (exact) mass is 278 g/mol. The third kappa shape index (κ3) is 4.44. The predicted octanol–water partition coefficient (Wildman–Crippen LogP) is 4.20. The molecule has 2 heteroatoms. The van der Waals surface area contributed by atoms with Crippen molar-refractivity contribution in [3.05, 3.63) is 71.8 Å². The molecule has 0 amide bonds. The van der Waals surface area contributed by atoms with Gasteiger partial charge in [-0.2, -0.15) is 5.26 Å². The average Bonchev–Trinajstić information content (AvgIpc) is 2.53. The lowest BCUT2D eigenvalue weighted by Crippen LogP contribution is -2.34. The first-order valence-corrected chi connectivity index (χ1v) is 7.43. The summed E-state index contributed by atoms with van der Waals surface area (Å²) in [7, 11) is 0. The van der Waals surface area contributed by atoms with Crippen molar-refractivity contribution < 1.29 is 0 Å². The Labute approximate surface area is 127 Å². The maximum Gasteiger partial charge on any atom is 0.0839 e. The van der Waals surface area contributed by atoms with Gasteiger partial charge in [-0.1, -0.05) is 60.7 Å². The summed E-state index contributed by atoms with van der Waals surface area (Å²) in [6, 6.07) is 23.3. The molecule has 1 atom stereocenters. The summed E-state index contributed by atoms with van der Waals surface area (Å²) in [5, 5.41) is 9.50. The van der Waals surface area contributed by atoms with E-state index in [2.05, 4.69) is 49.1 Å². The van der Waals surface area contributed by atoms with Gasteiger partial charge in [0.25, 0.3) is 0 Å². The van der Waals surface area contributed by atoms with Gasteiger partial charge in [-0.25, -0.2) is 0 Å². The summed E-state index contributed by atoms with van der Waals surface area (Å²) in [6.45, 7) is 6.00. The second kappa shape index (κ2) is 7.61. The van der Waals surface area contributed by atoms with Crippen LogP contribution in [-0.2, 0) is 6.54 Å². The summed E-state index contributed by atoms with van der Waals surface area (Å²) < 4.78 is 0. The first-order chi connectivity index (χ1) is 10.2. The van der Waals surface area contributed by atoms with E-state index in [1.165, 1.54) is 5.56 Å². The lowest BCUT2D eigenvalue weighted by molar-refractivity contribution is 0.209. The first-order valence-electron chi connectivity index (χ1n) is 7.43. The molecule has 2 aromatic rings. The standard InChI is InChI=1S/C19H22N2/c1-16(2)21(14-17-9-5-3-6-10-17)15-19(13-20)18-11-7-4-8-12-18/h3-12,16,19H,14-15H2,1-2H3. The zero-order valence-corrected chi connectivity index (χ0v) is 12.7. The minimum absolute atomic E-state index is 0.0858. The molecular formula is C19H22N2. The van der Waals surface area contributed by atoms with Gasteiger partial charge in [0.2, 0.25) is 0 Å². The van der Waals surface area contributed by atoms with Crippen LogP contribution in [0.2, 0.25) is 0 Å². The molecule has 2 nitrogen and oxygen atoms in total. The molecule has 1 unspecified atom stereocenters. The summed E-state index contributed by atoms with van der Waals surface area (Å²) in [4.78, 5) is 2.36. The predicted molar refractivity (Wildman–Crippen MR) is 86.8 cm³/mol. The number of hydrogen-bond donors (Lipinski definition) is 0. The average molecular weight is 278 g/mol. The van der Waals surface area contributed by atoms with E-state index >= 15 is 0 Å². The van der Waals surface area contributed by atoms with Crippen LogP contribution in [0.4, 0.5) is 0 Å². The molecule has 0 N–H and O–H groups in total. The lowest BCUT2D eigenvalue weighted by Gasteiger charge is -2.28. The Morgan fingerprint density at radius 2 is 1.52 bits per heavy atom. The topological polar surface area (TPSA) is 27.0 Å². The maximum atomic E-state index is 9.50. The number of nitriles is 1. The summed E-state index contributed by atoms with van der Waals surface area (Å²) in [5.41, 5.74) is 2.38. The Kier molecular flexibility index (Phi) is 5.54. The second-order valence-corrected chi connectivity index (χ2v) is 5.60. The van der Waals surface area contributed by atoms with Gasteiger partial charge in [0.05, 0.1) is 12.0 Å². The molecule has 0 saturated heterocycles. The molecule has 108 valence electrons. The van der Waals surface area contributed by atoms with E-state index in [1.54, 1.807) is 0 Å². The van der Waals surface area contributed by atoms with Crippen molar-refractivity contribution in [1.29, 1.82) is 5.26 Å². The highest BCUT2D eigenvalue weighted by atomic mass is 15.1. The third-order valence-corrected chi connectivity index (χ3v) is 3.73. The molecule has 0 aromatic heterocycles. The van der Waals surface area contributed by atoms with Crippen molar-refractivity contribution in [2.45, 2.75) is 32.4 Å². The van der Waals surface area contributed by atoms with Gasteiger partial charge in [-0.3, -0.25) is 4.90 Å². The number of nitrogens with zero attached hydrogens (tertiary/aromatic N) is 2. The highest BCUT2D eigenvalue weighted by Gasteiger charge is 2.18. The molecular weight excluding hydrogens is 256 g/mol. The number of rotatable bonds is 6. The molecule has 0 bridgehead atoms. The van der Waals surface area contributed by atoms with Crippen molar-refractivity contribution in [3.63, 3.8) is 0 Å². The van der Waals surface area contributed by atoms with Gasteiger partial charge in [0, 0.05) is 19.1 Å². The van der Waals surface area contributed by atoms with E-state index < -0.39 is 0 Å². The molecule has 0 spiro atoms. The van der Waals surface area contributed by atoms with Gasteiger partial charge in [0.1, 0.15) is 0 Å². The fraction of sp³-hybridized carbons (Fsp3) is 0.316. The minimum atomic E-state index is -0.0858. The van der Waals surface area contributed by atoms with Crippen LogP contribution in [0.3, 0.4) is 0 Å². The van der Waals surface area contributed by atoms with Gasteiger partial charge in [-0.15, -0.1) is 0 Å². The van der Waals surface area contributed by atoms with E-state index in [4.69, 9.17) is 0 Å². The fourth-order valence-corrected chi connectivity index (χ4v) is 2.42. The van der Waals surface area contributed by atoms with Gasteiger partial charge in [-0.05, 0) is 25.0 Å². The molecule has 0 fully saturated rings. The SMILES string of the molecule is CC(C)N(Cc1ccccc1)CC(C#N)c1ccccc1. The minimum Gasteiger partial charge on any atom is -0.295 e. The highest BCUT2D eigenvalue weighted by Crippen LogP contribution is 2.19. The lowest BCUT2D eigenvalue weighted by atomic mass is 9.99. The molecule has 0 aliphatic rings. The normalized spacial score (nSPS) is 12.3. The molecule has 2 rings (SSSR count). The largest absolute Gasteiger partial charge is 0.295 e. The van der Waals surface area contributed by atoms with E-state index in [0.29, 0.717) is 6.04 Å². The Balaban J connectivity index is 2.10. The van der Waals surface area contributed by atoms with Crippen LogP contribution >= 0.6 is 0 Å². The van der Waals surface area contributed by atoms with Crippen LogP contribution in [0.1, 0.15) is 30.9 Å². The maximum absolute atomic E-state index is 9.50. The van der Waals surface area contributed by atoms with Crippen LogP contribution < -0.4 is 0 Å². The first kappa shape index (κ1) is 15.3.